The molecule has 4 heterocycles. The van der Waals surface area contributed by atoms with Crippen LogP contribution in [0.3, 0.4) is 0 Å². The molecular weight excluding hydrogens is 576 g/mol. The third kappa shape index (κ3) is 4.93. The van der Waals surface area contributed by atoms with E-state index in [9.17, 15) is 14.4 Å². The molecule has 2 fully saturated rings. The van der Waals surface area contributed by atoms with E-state index in [0.29, 0.717) is 48.8 Å². The first-order valence-electron chi connectivity index (χ1n) is 13.5. The van der Waals surface area contributed by atoms with Crippen LogP contribution in [0, 0.1) is 12.3 Å². The summed E-state index contributed by atoms with van der Waals surface area (Å²) in [7, 11) is 0. The topological polar surface area (TPSA) is 104 Å². The van der Waals surface area contributed by atoms with Gasteiger partial charge in [-0.1, -0.05) is 36.4 Å². The number of likely N-dealkylation sites (tertiary alicyclic amines) is 1. The third-order valence-electron chi connectivity index (χ3n) is 8.29. The highest BCUT2D eigenvalue weighted by atomic mass is 79.9. The number of nitrogens with zero attached hydrogens (tertiary/aromatic N) is 4. The fourth-order valence-corrected chi connectivity index (χ4v) is 6.59. The van der Waals surface area contributed by atoms with Gasteiger partial charge < -0.3 is 14.4 Å². The molecule has 9 nitrogen and oxygen atoms in total. The van der Waals surface area contributed by atoms with Gasteiger partial charge in [-0.25, -0.2) is 4.98 Å². The van der Waals surface area contributed by atoms with E-state index in [2.05, 4.69) is 26.0 Å². The Labute approximate surface area is 240 Å². The van der Waals surface area contributed by atoms with Crippen LogP contribution in [0.25, 0.3) is 10.9 Å². The minimum atomic E-state index is -0.583. The summed E-state index contributed by atoms with van der Waals surface area (Å²) in [6.07, 6.45) is 5.32. The van der Waals surface area contributed by atoms with Crippen molar-refractivity contribution in [1.29, 1.82) is 0 Å². The number of halogens is 1. The zero-order chi connectivity index (χ0) is 28.0. The molecule has 1 spiro atoms. The van der Waals surface area contributed by atoms with E-state index in [0.717, 1.165) is 28.5 Å². The molecule has 3 atom stereocenters. The van der Waals surface area contributed by atoms with Gasteiger partial charge in [0.25, 0.3) is 0 Å². The molecule has 3 aromatic rings. The summed E-state index contributed by atoms with van der Waals surface area (Å²) in [4.78, 5) is 46.5. The number of para-hydroxylation sites is 1. The predicted molar refractivity (Wildman–Crippen MR) is 151 cm³/mol. The quantitative estimate of drug-likeness (QED) is 0.252. The van der Waals surface area contributed by atoms with Crippen LogP contribution in [0.15, 0.2) is 47.1 Å². The number of aryl methyl sites for hydroxylation is 1. The molecule has 2 bridgehead atoms. The van der Waals surface area contributed by atoms with Crippen LogP contribution in [-0.2, 0) is 38.6 Å². The zero-order valence-electron chi connectivity index (χ0n) is 22.6. The van der Waals surface area contributed by atoms with Crippen molar-refractivity contribution in [2.75, 3.05) is 19.8 Å². The largest absolute Gasteiger partial charge is 0.377 e. The monoisotopic (exact) mass is 606 g/mol. The lowest BCUT2D eigenvalue weighted by Crippen LogP contribution is -2.45. The first-order chi connectivity index (χ1) is 19.3. The van der Waals surface area contributed by atoms with E-state index >= 15 is 0 Å². The minimum absolute atomic E-state index is 0.0503. The van der Waals surface area contributed by atoms with Gasteiger partial charge in [-0.05, 0) is 52.9 Å². The number of benzene rings is 1. The number of fused-ring (bicyclic) bond motifs is 3. The van der Waals surface area contributed by atoms with Crippen LogP contribution >= 0.6 is 15.9 Å². The Morgan fingerprint density at radius 2 is 1.93 bits per heavy atom. The summed E-state index contributed by atoms with van der Waals surface area (Å²) in [6.45, 7) is 5.07. The first-order valence-corrected chi connectivity index (χ1v) is 14.3. The van der Waals surface area contributed by atoms with Crippen LogP contribution in [0.1, 0.15) is 47.1 Å². The summed E-state index contributed by atoms with van der Waals surface area (Å²) in [5.74, 6) is -0.388. The van der Waals surface area contributed by atoms with Crippen LogP contribution in [-0.4, -0.2) is 69.0 Å². The van der Waals surface area contributed by atoms with Gasteiger partial charge >= 0.3 is 0 Å². The molecule has 0 N–H and O–H groups in total. The van der Waals surface area contributed by atoms with Crippen molar-refractivity contribution < 1.29 is 23.9 Å². The number of aromatic nitrogens is 3. The number of hydrogen-bond donors (Lipinski definition) is 0. The Bertz CT molecular complexity index is 1550. The Morgan fingerprint density at radius 3 is 2.73 bits per heavy atom. The van der Waals surface area contributed by atoms with Crippen molar-refractivity contribution in [2.24, 2.45) is 5.41 Å². The standard InChI is InChI=1S/C30H31BrN4O5/c1-18-6-5-7-21-28(19(2)36)33-34(29(18)21)15-27(38)35-23-13-30(14-25(30)35)17-40-11-4-3-10-39-16-20-8-9-26(31)32-22(20)12-24(23)37/h3-9,23,25H,10-17H2,1-2H3/t23-,25+,30-/m0/s1. The number of ether oxygens (including phenoxy) is 2. The molecule has 1 saturated carbocycles. The van der Waals surface area contributed by atoms with Gasteiger partial charge in [0.1, 0.15) is 16.8 Å². The van der Waals surface area contributed by atoms with Crippen LogP contribution in [0.5, 0.6) is 0 Å². The maximum Gasteiger partial charge on any atom is 0.245 e. The molecule has 2 aliphatic heterocycles. The molecule has 1 aromatic carbocycles. The van der Waals surface area contributed by atoms with Gasteiger partial charge in [-0.2, -0.15) is 5.10 Å². The van der Waals surface area contributed by atoms with E-state index in [4.69, 9.17) is 9.47 Å². The average Bonchev–Trinajstić information content (AvgIpc) is 3.31. The lowest BCUT2D eigenvalue weighted by Gasteiger charge is -2.27. The minimum Gasteiger partial charge on any atom is -0.377 e. The summed E-state index contributed by atoms with van der Waals surface area (Å²) in [6, 6.07) is 8.78. The Kier molecular flexibility index (Phi) is 7.18. The molecule has 0 radical (unpaired) electrons. The zero-order valence-corrected chi connectivity index (χ0v) is 24.1. The molecule has 3 aliphatic rings. The second-order valence-electron chi connectivity index (χ2n) is 11.0. The number of carbonyl (C=O) groups excluding carboxylic acids is 3. The first kappa shape index (κ1) is 27.0. The summed E-state index contributed by atoms with van der Waals surface area (Å²) >= 11 is 3.43. The molecule has 1 amide bonds. The molecule has 1 saturated heterocycles. The van der Waals surface area contributed by atoms with Gasteiger partial charge in [0.2, 0.25) is 5.91 Å². The molecule has 6 rings (SSSR count). The van der Waals surface area contributed by atoms with E-state index in [1.165, 1.54) is 6.92 Å². The lowest BCUT2D eigenvalue weighted by atomic mass is 9.95. The van der Waals surface area contributed by atoms with E-state index in [-0.39, 0.29) is 41.9 Å². The highest BCUT2D eigenvalue weighted by Gasteiger charge is 2.67. The van der Waals surface area contributed by atoms with Crippen LogP contribution in [0.2, 0.25) is 0 Å². The fraction of sp³-hybridized carbons (Fsp3) is 0.433. The van der Waals surface area contributed by atoms with E-state index < -0.39 is 6.04 Å². The van der Waals surface area contributed by atoms with Gasteiger partial charge in [-0.3, -0.25) is 19.1 Å². The third-order valence-corrected chi connectivity index (χ3v) is 8.73. The van der Waals surface area contributed by atoms with Crippen molar-refractivity contribution in [1.82, 2.24) is 19.7 Å². The van der Waals surface area contributed by atoms with Crippen molar-refractivity contribution in [3.05, 3.63) is 69.6 Å². The Morgan fingerprint density at radius 1 is 1.12 bits per heavy atom. The molecule has 208 valence electrons. The van der Waals surface area contributed by atoms with Gasteiger partial charge in [0.15, 0.2) is 11.6 Å². The van der Waals surface area contributed by atoms with Gasteiger partial charge in [0, 0.05) is 23.8 Å². The maximum absolute atomic E-state index is 14.0. The molecule has 40 heavy (non-hydrogen) atoms. The van der Waals surface area contributed by atoms with E-state index in [1.807, 2.05) is 49.4 Å². The average molecular weight is 608 g/mol. The lowest BCUT2D eigenvalue weighted by molar-refractivity contribution is -0.139. The number of carbonyl (C=O) groups is 3. The predicted octanol–water partition coefficient (Wildman–Crippen LogP) is 3.98. The van der Waals surface area contributed by atoms with Crippen molar-refractivity contribution in [2.45, 2.75) is 58.3 Å². The number of piperidine rings is 1. The molecule has 0 unspecified atom stereocenters. The second-order valence-corrected chi connectivity index (χ2v) is 11.8. The SMILES string of the molecule is CC(=O)c1nn(CC(=O)N2[C@H]3C[C@@]4(COCC=CCOCc5ccc(Br)nc5CC3=O)C[C@@H]24)c2c(C)cccc12. The summed E-state index contributed by atoms with van der Waals surface area (Å²) < 4.78 is 14.0. The number of pyridine rings is 1. The van der Waals surface area contributed by atoms with Gasteiger partial charge in [-0.15, -0.1) is 0 Å². The van der Waals surface area contributed by atoms with Crippen molar-refractivity contribution in [3.8, 4) is 0 Å². The fourth-order valence-electron chi connectivity index (χ4n) is 6.25. The highest BCUT2D eigenvalue weighted by molar-refractivity contribution is 9.10. The Balaban J connectivity index is 1.33. The number of rotatable bonds is 3. The second kappa shape index (κ2) is 10.6. The smallest absolute Gasteiger partial charge is 0.245 e. The number of Topliss-reactive ketones (excluding diaryl/α,β-unsaturated/α-hetero) is 2. The normalized spacial score (nSPS) is 24.8. The molecular formula is C30H31BrN4O5. The highest BCUT2D eigenvalue weighted by Crippen LogP contribution is 2.60. The number of hydrogen-bond acceptors (Lipinski definition) is 7. The number of amides is 1. The van der Waals surface area contributed by atoms with Gasteiger partial charge in [0.05, 0.1) is 50.1 Å². The van der Waals surface area contributed by atoms with E-state index in [1.54, 1.807) is 9.58 Å². The summed E-state index contributed by atoms with van der Waals surface area (Å²) in [5, 5.41) is 5.27. The number of ketones is 2. The van der Waals surface area contributed by atoms with Crippen LogP contribution in [0.4, 0.5) is 0 Å². The Hall–Kier alpha value is -3.21. The van der Waals surface area contributed by atoms with Crippen molar-refractivity contribution in [3.63, 3.8) is 0 Å². The molecule has 2 aromatic heterocycles. The summed E-state index contributed by atoms with van der Waals surface area (Å²) in [5.41, 5.74) is 3.30. The molecule has 10 heteroatoms. The van der Waals surface area contributed by atoms with Crippen LogP contribution < -0.4 is 0 Å². The maximum atomic E-state index is 14.0. The molecule has 1 aliphatic carbocycles. The van der Waals surface area contributed by atoms with Crippen molar-refractivity contribution >= 4 is 44.3 Å².